The van der Waals surface area contributed by atoms with Crippen LogP contribution in [0.5, 0.6) is 0 Å². The highest BCUT2D eigenvalue weighted by Gasteiger charge is 2.41. The van der Waals surface area contributed by atoms with E-state index in [2.05, 4.69) is 27.2 Å². The van der Waals surface area contributed by atoms with Crippen LogP contribution in [0.1, 0.15) is 0 Å². The van der Waals surface area contributed by atoms with Crippen molar-refractivity contribution in [3.8, 4) is 11.4 Å². The molecule has 2 aromatic heterocycles. The molecule has 7 nitrogen and oxygen atoms in total. The lowest BCUT2D eigenvalue weighted by atomic mass is 10.0. The molecule has 2 unspecified atom stereocenters. The highest BCUT2D eigenvalue weighted by Crippen LogP contribution is 2.44. The second kappa shape index (κ2) is 6.42. The smallest absolute Gasteiger partial charge is 0.348 e. The van der Waals surface area contributed by atoms with E-state index in [1.54, 1.807) is 10.6 Å². The van der Waals surface area contributed by atoms with Gasteiger partial charge in [0, 0.05) is 54.3 Å². The lowest BCUT2D eigenvalue weighted by Gasteiger charge is -2.25. The number of hydrogen-bond donors (Lipinski definition) is 2. The Morgan fingerprint density at radius 1 is 1.32 bits per heavy atom. The molecule has 2 atom stereocenters. The second-order valence-electron chi connectivity index (χ2n) is 8.20. The minimum atomic E-state index is -0.330. The summed E-state index contributed by atoms with van der Waals surface area (Å²) in [6, 6.07) is 4.71. The molecule has 2 aliphatic heterocycles. The quantitative estimate of drug-likeness (QED) is 0.687. The van der Waals surface area contributed by atoms with Gasteiger partial charge in [-0.3, -0.25) is 0 Å². The third kappa shape index (κ3) is 2.48. The van der Waals surface area contributed by atoms with Crippen molar-refractivity contribution in [2.45, 2.75) is 6.04 Å². The van der Waals surface area contributed by atoms with Crippen molar-refractivity contribution in [3.63, 3.8) is 0 Å². The standard InChI is InChI=1S/C23H21FN6O/c1-28-12-17(16-9-14(24)6-7-18(16)28)22-26-27-23(31)30(22)21-15-4-2-3-5-19(15)29-11-13(10-25)8-20(21)29/h2-9,12-13,19H,10-11,25H2,1H3,(H,27,31). The minimum absolute atomic E-state index is 0.0578. The fraction of sp³-hybridized carbons (Fsp3) is 0.217. The van der Waals surface area contributed by atoms with Crippen molar-refractivity contribution < 1.29 is 4.39 Å². The predicted molar refractivity (Wildman–Crippen MR) is 117 cm³/mol. The van der Waals surface area contributed by atoms with Gasteiger partial charge < -0.3 is 15.2 Å². The average Bonchev–Trinajstić information content (AvgIpc) is 3.50. The van der Waals surface area contributed by atoms with Gasteiger partial charge in [0.25, 0.3) is 0 Å². The van der Waals surface area contributed by atoms with Crippen LogP contribution >= 0.6 is 0 Å². The van der Waals surface area contributed by atoms with E-state index in [0.29, 0.717) is 23.3 Å². The van der Waals surface area contributed by atoms with Crippen LogP contribution in [0.15, 0.2) is 70.8 Å². The van der Waals surface area contributed by atoms with Crippen molar-refractivity contribution in [1.82, 2.24) is 24.2 Å². The number of rotatable bonds is 3. The first-order valence-corrected chi connectivity index (χ1v) is 10.3. The molecule has 4 heterocycles. The molecule has 0 amide bonds. The molecule has 0 bridgehead atoms. The third-order valence-corrected chi connectivity index (χ3v) is 6.38. The zero-order chi connectivity index (χ0) is 21.3. The van der Waals surface area contributed by atoms with Gasteiger partial charge in [-0.1, -0.05) is 30.4 Å². The highest BCUT2D eigenvalue weighted by molar-refractivity contribution is 5.95. The molecule has 31 heavy (non-hydrogen) atoms. The maximum atomic E-state index is 14.1. The van der Waals surface area contributed by atoms with Crippen LogP contribution in [0, 0.1) is 11.7 Å². The maximum absolute atomic E-state index is 14.1. The van der Waals surface area contributed by atoms with Gasteiger partial charge in [0.15, 0.2) is 5.82 Å². The zero-order valence-corrected chi connectivity index (χ0v) is 16.9. The molecule has 0 saturated carbocycles. The number of aryl methyl sites for hydroxylation is 1. The van der Waals surface area contributed by atoms with E-state index in [0.717, 1.165) is 29.0 Å². The number of allylic oxidation sites excluding steroid dienone is 3. The number of aromatic nitrogens is 4. The van der Waals surface area contributed by atoms with Crippen LogP contribution in [-0.4, -0.2) is 43.4 Å². The fourth-order valence-corrected chi connectivity index (χ4v) is 4.98. The number of hydrogen-bond acceptors (Lipinski definition) is 4. The maximum Gasteiger partial charge on any atom is 0.348 e. The van der Waals surface area contributed by atoms with Gasteiger partial charge in [-0.2, -0.15) is 5.10 Å². The lowest BCUT2D eigenvalue weighted by molar-refractivity contribution is 0.348. The molecule has 1 aromatic carbocycles. The predicted octanol–water partition coefficient (Wildman–Crippen LogP) is 2.36. The van der Waals surface area contributed by atoms with Crippen LogP contribution in [0.4, 0.5) is 4.39 Å². The summed E-state index contributed by atoms with van der Waals surface area (Å²) in [5.74, 6) is 0.357. The Hall–Kier alpha value is -3.65. The number of nitrogens with two attached hydrogens (primary N) is 1. The largest absolute Gasteiger partial charge is 0.359 e. The first kappa shape index (κ1) is 18.1. The van der Waals surface area contributed by atoms with Crippen LogP contribution < -0.4 is 11.4 Å². The Morgan fingerprint density at radius 2 is 2.19 bits per heavy atom. The summed E-state index contributed by atoms with van der Waals surface area (Å²) in [6.07, 6.45) is 12.2. The molecule has 0 spiro atoms. The molecular formula is C23H21FN6O. The second-order valence-corrected chi connectivity index (χ2v) is 8.20. The molecule has 3 aliphatic rings. The Bertz CT molecular complexity index is 1420. The van der Waals surface area contributed by atoms with Crippen molar-refractivity contribution in [2.24, 2.45) is 18.7 Å². The molecular weight excluding hydrogens is 395 g/mol. The molecule has 3 N–H and O–H groups in total. The Kier molecular flexibility index (Phi) is 3.76. The van der Waals surface area contributed by atoms with Crippen LogP contribution in [-0.2, 0) is 7.05 Å². The topological polar surface area (TPSA) is 84.9 Å². The molecule has 1 aliphatic carbocycles. The summed E-state index contributed by atoms with van der Waals surface area (Å²) in [5.41, 5.74) is 10.0. The minimum Gasteiger partial charge on any atom is -0.359 e. The van der Waals surface area contributed by atoms with Crippen LogP contribution in [0.25, 0.3) is 28.0 Å². The zero-order valence-electron chi connectivity index (χ0n) is 16.9. The highest BCUT2D eigenvalue weighted by atomic mass is 19.1. The van der Waals surface area contributed by atoms with Gasteiger partial charge >= 0.3 is 5.69 Å². The first-order chi connectivity index (χ1) is 15.1. The molecule has 3 aromatic rings. The van der Waals surface area contributed by atoms with Crippen molar-refractivity contribution >= 4 is 16.6 Å². The van der Waals surface area contributed by atoms with Crippen molar-refractivity contribution in [1.29, 1.82) is 0 Å². The van der Waals surface area contributed by atoms with E-state index in [-0.39, 0.29) is 23.5 Å². The number of nitrogens with zero attached hydrogens (tertiary/aromatic N) is 4. The van der Waals surface area contributed by atoms with Gasteiger partial charge in [0.2, 0.25) is 0 Å². The van der Waals surface area contributed by atoms with E-state index in [4.69, 9.17) is 5.73 Å². The van der Waals surface area contributed by atoms with Crippen LogP contribution in [0.3, 0.4) is 0 Å². The summed E-state index contributed by atoms with van der Waals surface area (Å²) in [7, 11) is 1.90. The van der Waals surface area contributed by atoms with Gasteiger partial charge in [0.1, 0.15) is 5.82 Å². The normalized spacial score (nSPS) is 21.9. The number of nitrogens with one attached hydrogen (secondary N) is 1. The van der Waals surface area contributed by atoms with Crippen LogP contribution in [0.2, 0.25) is 0 Å². The molecule has 156 valence electrons. The summed E-state index contributed by atoms with van der Waals surface area (Å²) in [5, 5.41) is 7.67. The van der Waals surface area contributed by atoms with Crippen molar-refractivity contribution in [2.75, 3.05) is 13.1 Å². The SMILES string of the molecule is Cn1cc(-c2n[nH]c(=O)n2C2=C3C=CC=CC3N3CC(CN)C=C23)c2cc(F)ccc21. The molecule has 6 rings (SSSR count). The number of benzene rings is 1. The first-order valence-electron chi connectivity index (χ1n) is 10.3. The fourth-order valence-electron chi connectivity index (χ4n) is 4.98. The molecule has 0 radical (unpaired) electrons. The van der Waals surface area contributed by atoms with Gasteiger partial charge in [-0.25, -0.2) is 18.9 Å². The number of fused-ring (bicyclic) bond motifs is 4. The Morgan fingerprint density at radius 3 is 3.03 bits per heavy atom. The number of aromatic amines is 1. The number of halogens is 1. The van der Waals surface area contributed by atoms with E-state index in [1.165, 1.54) is 12.1 Å². The van der Waals surface area contributed by atoms with E-state index < -0.39 is 0 Å². The summed E-state index contributed by atoms with van der Waals surface area (Å²) >= 11 is 0. The molecule has 0 fully saturated rings. The molecule has 8 heteroatoms. The lowest BCUT2D eigenvalue weighted by Crippen LogP contribution is -2.31. The van der Waals surface area contributed by atoms with E-state index in [9.17, 15) is 9.18 Å². The van der Waals surface area contributed by atoms with Gasteiger partial charge in [0.05, 0.1) is 17.4 Å². The Labute approximate surface area is 177 Å². The third-order valence-electron chi connectivity index (χ3n) is 6.38. The van der Waals surface area contributed by atoms with E-state index in [1.807, 2.05) is 36.0 Å². The number of H-pyrrole nitrogens is 1. The van der Waals surface area contributed by atoms with E-state index >= 15 is 0 Å². The van der Waals surface area contributed by atoms with Gasteiger partial charge in [-0.05, 0) is 18.2 Å². The summed E-state index contributed by atoms with van der Waals surface area (Å²) < 4.78 is 17.6. The summed E-state index contributed by atoms with van der Waals surface area (Å²) in [6.45, 7) is 1.35. The van der Waals surface area contributed by atoms with Gasteiger partial charge in [-0.15, -0.1) is 0 Å². The molecule has 0 saturated heterocycles. The van der Waals surface area contributed by atoms with Crippen molar-refractivity contribution in [3.05, 3.63) is 82.3 Å². The Balaban J connectivity index is 1.62. The average molecular weight is 416 g/mol. The summed E-state index contributed by atoms with van der Waals surface area (Å²) in [4.78, 5) is 15.3. The monoisotopic (exact) mass is 416 g/mol.